The van der Waals surface area contributed by atoms with Gasteiger partial charge in [-0.2, -0.15) is 8.42 Å². The number of nitrogen functional groups attached to an aromatic ring is 1. The lowest BCUT2D eigenvalue weighted by molar-refractivity contribution is 0.272. The zero-order valence-electron chi connectivity index (χ0n) is 9.54. The normalized spacial score (nSPS) is 11.8. The summed E-state index contributed by atoms with van der Waals surface area (Å²) in [5.41, 5.74) is 7.29. The Bertz CT molecular complexity index is 667. The Morgan fingerprint density at radius 1 is 1.22 bits per heavy atom. The maximum absolute atomic E-state index is 10.5. The Morgan fingerprint density at radius 2 is 2.00 bits per heavy atom. The molecule has 0 fully saturated rings. The molecule has 0 spiro atoms. The maximum atomic E-state index is 10.5. The summed E-state index contributed by atoms with van der Waals surface area (Å²) in [7, 11) is -4.38. The predicted molar refractivity (Wildman–Crippen MR) is 69.6 cm³/mol. The minimum atomic E-state index is -4.38. The lowest BCUT2D eigenvalue weighted by Crippen LogP contribution is -2.07. The average molecular weight is 267 g/mol. The van der Waals surface area contributed by atoms with E-state index >= 15 is 0 Å². The van der Waals surface area contributed by atoms with Crippen LogP contribution < -0.4 is 5.73 Å². The molecule has 0 saturated heterocycles. The van der Waals surface area contributed by atoms with E-state index in [1.165, 1.54) is 0 Å². The van der Waals surface area contributed by atoms with Gasteiger partial charge in [-0.1, -0.05) is 24.3 Å². The molecule has 2 aromatic carbocycles. The molecule has 0 amide bonds. The van der Waals surface area contributed by atoms with Crippen LogP contribution in [0.3, 0.4) is 0 Å². The van der Waals surface area contributed by atoms with E-state index in [0.29, 0.717) is 12.1 Å². The third kappa shape index (κ3) is 3.19. The van der Waals surface area contributed by atoms with E-state index in [4.69, 9.17) is 10.3 Å². The number of hydrogen-bond acceptors (Lipinski definition) is 4. The molecule has 0 aliphatic rings. The van der Waals surface area contributed by atoms with Crippen LogP contribution in [-0.2, 0) is 21.0 Å². The van der Waals surface area contributed by atoms with Crippen LogP contribution in [0.25, 0.3) is 10.8 Å². The first-order valence-electron chi connectivity index (χ1n) is 5.35. The average Bonchev–Trinajstić information content (AvgIpc) is 2.28. The predicted octanol–water partition coefficient (Wildman–Crippen LogP) is 1.78. The van der Waals surface area contributed by atoms with Crippen LogP contribution in [0.2, 0.25) is 0 Å². The third-order valence-electron chi connectivity index (χ3n) is 2.60. The standard InChI is InChI=1S/C12H13NO4S/c13-11-5-4-9-2-1-3-10(12(9)8-11)6-7-17-18(14,15)16/h1-5,8H,6-7,13H2,(H,14,15,16). The highest BCUT2D eigenvalue weighted by atomic mass is 32.3. The second kappa shape index (κ2) is 4.93. The Kier molecular flexibility index (Phi) is 3.51. The second-order valence-corrected chi connectivity index (χ2v) is 4.99. The molecule has 0 saturated carbocycles. The highest BCUT2D eigenvalue weighted by Crippen LogP contribution is 2.22. The monoisotopic (exact) mass is 267 g/mol. The summed E-state index contributed by atoms with van der Waals surface area (Å²) in [4.78, 5) is 0. The van der Waals surface area contributed by atoms with Crippen molar-refractivity contribution in [2.75, 3.05) is 12.3 Å². The minimum absolute atomic E-state index is 0.104. The summed E-state index contributed by atoms with van der Waals surface area (Å²) in [6.07, 6.45) is 0.376. The van der Waals surface area contributed by atoms with Gasteiger partial charge in [0, 0.05) is 5.69 Å². The minimum Gasteiger partial charge on any atom is -0.399 e. The summed E-state index contributed by atoms with van der Waals surface area (Å²) in [6, 6.07) is 11.2. The van der Waals surface area contributed by atoms with Crippen molar-refractivity contribution in [3.63, 3.8) is 0 Å². The Hall–Kier alpha value is -1.63. The van der Waals surface area contributed by atoms with Crippen LogP contribution in [0.15, 0.2) is 36.4 Å². The van der Waals surface area contributed by atoms with Crippen molar-refractivity contribution in [1.29, 1.82) is 0 Å². The molecule has 0 unspecified atom stereocenters. The number of rotatable bonds is 4. The molecule has 0 aliphatic carbocycles. The van der Waals surface area contributed by atoms with Gasteiger partial charge in [-0.25, -0.2) is 4.18 Å². The third-order valence-corrected chi connectivity index (χ3v) is 3.06. The molecule has 5 nitrogen and oxygen atoms in total. The van der Waals surface area contributed by atoms with Crippen molar-refractivity contribution in [1.82, 2.24) is 0 Å². The Morgan fingerprint density at radius 3 is 2.72 bits per heavy atom. The zero-order chi connectivity index (χ0) is 13.2. The molecule has 0 aliphatic heterocycles. The Labute approximate surface area is 105 Å². The molecule has 0 heterocycles. The van der Waals surface area contributed by atoms with Crippen molar-refractivity contribution in [3.05, 3.63) is 42.0 Å². The van der Waals surface area contributed by atoms with Gasteiger partial charge in [-0.3, -0.25) is 4.55 Å². The fourth-order valence-corrected chi connectivity index (χ4v) is 2.12. The number of anilines is 1. The first-order chi connectivity index (χ1) is 8.46. The van der Waals surface area contributed by atoms with Gasteiger partial charge >= 0.3 is 10.4 Å². The number of nitrogens with two attached hydrogens (primary N) is 1. The molecule has 0 radical (unpaired) electrons. The molecule has 0 atom stereocenters. The fraction of sp³-hybridized carbons (Fsp3) is 0.167. The molecule has 18 heavy (non-hydrogen) atoms. The van der Waals surface area contributed by atoms with Gasteiger partial charge in [0.25, 0.3) is 0 Å². The lowest BCUT2D eigenvalue weighted by Gasteiger charge is -2.07. The summed E-state index contributed by atoms with van der Waals surface area (Å²) in [6.45, 7) is -0.104. The number of benzene rings is 2. The van der Waals surface area contributed by atoms with E-state index in [2.05, 4.69) is 4.18 Å². The summed E-state index contributed by atoms with van der Waals surface area (Å²) in [5.74, 6) is 0. The van der Waals surface area contributed by atoms with Crippen molar-refractivity contribution in [2.24, 2.45) is 0 Å². The van der Waals surface area contributed by atoms with Crippen LogP contribution in [0.4, 0.5) is 5.69 Å². The summed E-state index contributed by atoms with van der Waals surface area (Å²) < 4.78 is 33.7. The molecule has 2 aromatic rings. The van der Waals surface area contributed by atoms with Gasteiger partial charge in [0.15, 0.2) is 0 Å². The smallest absolute Gasteiger partial charge is 0.397 e. The first kappa shape index (κ1) is 12.8. The van der Waals surface area contributed by atoms with E-state index in [-0.39, 0.29) is 6.61 Å². The van der Waals surface area contributed by atoms with E-state index in [1.807, 2.05) is 30.3 Å². The van der Waals surface area contributed by atoms with Crippen LogP contribution in [0.1, 0.15) is 5.56 Å². The highest BCUT2D eigenvalue weighted by Gasteiger charge is 2.06. The molecule has 6 heteroatoms. The van der Waals surface area contributed by atoms with E-state index < -0.39 is 10.4 Å². The van der Waals surface area contributed by atoms with Crippen LogP contribution in [-0.4, -0.2) is 19.6 Å². The van der Waals surface area contributed by atoms with Crippen LogP contribution in [0.5, 0.6) is 0 Å². The van der Waals surface area contributed by atoms with Crippen LogP contribution in [0, 0.1) is 0 Å². The van der Waals surface area contributed by atoms with E-state index in [0.717, 1.165) is 16.3 Å². The van der Waals surface area contributed by atoms with Gasteiger partial charge in [0.1, 0.15) is 0 Å². The lowest BCUT2D eigenvalue weighted by atomic mass is 10.0. The molecule has 2 rings (SSSR count). The van der Waals surface area contributed by atoms with E-state index in [9.17, 15) is 8.42 Å². The molecule has 3 N–H and O–H groups in total. The second-order valence-electron chi connectivity index (χ2n) is 3.90. The summed E-state index contributed by atoms with van der Waals surface area (Å²) in [5, 5.41) is 1.98. The first-order valence-corrected chi connectivity index (χ1v) is 6.71. The molecule has 0 aromatic heterocycles. The fourth-order valence-electron chi connectivity index (χ4n) is 1.83. The molecular weight excluding hydrogens is 254 g/mol. The molecule has 96 valence electrons. The van der Waals surface area contributed by atoms with Crippen molar-refractivity contribution in [2.45, 2.75) is 6.42 Å². The SMILES string of the molecule is Nc1ccc2cccc(CCOS(=O)(=O)O)c2c1. The largest absolute Gasteiger partial charge is 0.399 e. The van der Waals surface area contributed by atoms with E-state index in [1.54, 1.807) is 6.07 Å². The molecule has 0 bridgehead atoms. The highest BCUT2D eigenvalue weighted by molar-refractivity contribution is 7.80. The Balaban J connectivity index is 2.25. The topological polar surface area (TPSA) is 89.6 Å². The van der Waals surface area contributed by atoms with Crippen molar-refractivity contribution >= 4 is 26.9 Å². The van der Waals surface area contributed by atoms with Gasteiger partial charge in [0.2, 0.25) is 0 Å². The molecular formula is C12H13NO4S. The number of fused-ring (bicyclic) bond motifs is 1. The maximum Gasteiger partial charge on any atom is 0.397 e. The zero-order valence-corrected chi connectivity index (χ0v) is 10.4. The van der Waals surface area contributed by atoms with Gasteiger partial charge in [-0.15, -0.1) is 0 Å². The quantitative estimate of drug-likeness (QED) is 0.651. The van der Waals surface area contributed by atoms with Gasteiger partial charge in [-0.05, 0) is 34.9 Å². The van der Waals surface area contributed by atoms with Crippen LogP contribution >= 0.6 is 0 Å². The van der Waals surface area contributed by atoms with Crippen molar-refractivity contribution in [3.8, 4) is 0 Å². The van der Waals surface area contributed by atoms with Gasteiger partial charge < -0.3 is 5.73 Å². The summed E-state index contributed by atoms with van der Waals surface area (Å²) >= 11 is 0. The number of hydrogen-bond donors (Lipinski definition) is 2. The van der Waals surface area contributed by atoms with Gasteiger partial charge in [0.05, 0.1) is 6.61 Å². The van der Waals surface area contributed by atoms with Crippen molar-refractivity contribution < 1.29 is 17.2 Å².